The number of ether oxygens (including phenoxy) is 1. The van der Waals surface area contributed by atoms with Crippen molar-refractivity contribution in [2.75, 3.05) is 10.6 Å². The molecule has 1 aliphatic heterocycles. The molecular weight excluding hydrogens is 413 g/mol. The van der Waals surface area contributed by atoms with Crippen LogP contribution in [0.25, 0.3) is 0 Å². The Labute approximate surface area is 166 Å². The normalized spacial score (nSPS) is 16.2. The summed E-state index contributed by atoms with van der Waals surface area (Å²) in [6, 6.07) is 4.13. The summed E-state index contributed by atoms with van der Waals surface area (Å²) in [5.74, 6) is -1.38. The lowest BCUT2D eigenvalue weighted by atomic mass is 10.2. The van der Waals surface area contributed by atoms with Gasteiger partial charge >= 0.3 is 6.36 Å². The monoisotopic (exact) mass is 428 g/mol. The van der Waals surface area contributed by atoms with E-state index in [-0.39, 0.29) is 18.2 Å². The van der Waals surface area contributed by atoms with Crippen LogP contribution in [-0.4, -0.2) is 35.1 Å². The van der Waals surface area contributed by atoms with Crippen molar-refractivity contribution in [2.45, 2.75) is 31.7 Å². The summed E-state index contributed by atoms with van der Waals surface area (Å²) in [6.45, 7) is 0. The van der Waals surface area contributed by atoms with E-state index >= 15 is 0 Å². The van der Waals surface area contributed by atoms with Gasteiger partial charge in [-0.05, 0) is 30.7 Å². The SMILES string of the molecule is O=C(Cc1csc(NC(=O)C2CCC(=O)N2)n1)Nc1ccc(OC(F)(F)F)cc1. The van der Waals surface area contributed by atoms with Crippen LogP contribution in [0.2, 0.25) is 0 Å². The third-order valence-electron chi connectivity index (χ3n) is 3.81. The first-order chi connectivity index (χ1) is 13.7. The molecule has 1 unspecified atom stereocenters. The number of amides is 3. The Kier molecular flexibility index (Phi) is 6.01. The highest BCUT2D eigenvalue weighted by Gasteiger charge is 2.31. The standard InChI is InChI=1S/C17H15F3N4O4S/c18-17(19,20)28-11-3-1-9(2-4-11)21-14(26)7-10-8-29-16(22-10)24-15(27)12-5-6-13(25)23-12/h1-4,8,12H,5-7H2,(H,21,26)(H,23,25)(H,22,24,27). The van der Waals surface area contributed by atoms with Crippen LogP contribution >= 0.6 is 11.3 Å². The van der Waals surface area contributed by atoms with Crippen molar-refractivity contribution in [1.82, 2.24) is 10.3 Å². The number of anilines is 2. The maximum atomic E-state index is 12.1. The predicted octanol–water partition coefficient (Wildman–Crippen LogP) is 2.44. The molecule has 1 fully saturated rings. The summed E-state index contributed by atoms with van der Waals surface area (Å²) in [4.78, 5) is 39.4. The Morgan fingerprint density at radius 3 is 2.59 bits per heavy atom. The Morgan fingerprint density at radius 2 is 1.97 bits per heavy atom. The second-order valence-corrected chi connectivity index (χ2v) is 6.95. The van der Waals surface area contributed by atoms with Crippen LogP contribution in [0.1, 0.15) is 18.5 Å². The zero-order valence-corrected chi connectivity index (χ0v) is 15.5. The minimum absolute atomic E-state index is 0.0899. The number of halogens is 3. The highest BCUT2D eigenvalue weighted by atomic mass is 32.1. The molecule has 0 radical (unpaired) electrons. The average molecular weight is 428 g/mol. The molecule has 3 N–H and O–H groups in total. The van der Waals surface area contributed by atoms with E-state index in [4.69, 9.17) is 0 Å². The largest absolute Gasteiger partial charge is 0.573 e. The lowest BCUT2D eigenvalue weighted by Crippen LogP contribution is -2.37. The number of aromatic nitrogens is 1. The van der Waals surface area contributed by atoms with Crippen LogP contribution in [0.5, 0.6) is 5.75 Å². The second kappa shape index (κ2) is 8.47. The van der Waals surface area contributed by atoms with Crippen molar-refractivity contribution in [3.63, 3.8) is 0 Å². The van der Waals surface area contributed by atoms with Crippen molar-refractivity contribution in [2.24, 2.45) is 0 Å². The molecule has 8 nitrogen and oxygen atoms in total. The number of hydrogen-bond donors (Lipinski definition) is 3. The molecule has 0 spiro atoms. The first kappa shape index (κ1) is 20.6. The van der Waals surface area contributed by atoms with Crippen molar-refractivity contribution in [3.8, 4) is 5.75 Å². The van der Waals surface area contributed by atoms with Gasteiger partial charge in [0, 0.05) is 17.5 Å². The molecule has 3 rings (SSSR count). The van der Waals surface area contributed by atoms with E-state index < -0.39 is 24.1 Å². The summed E-state index contributed by atoms with van der Waals surface area (Å²) >= 11 is 1.13. The van der Waals surface area contributed by atoms with E-state index in [1.165, 1.54) is 12.1 Å². The predicted molar refractivity (Wildman–Crippen MR) is 97.4 cm³/mol. The Morgan fingerprint density at radius 1 is 1.24 bits per heavy atom. The van der Waals surface area contributed by atoms with Crippen molar-refractivity contribution in [1.29, 1.82) is 0 Å². The maximum absolute atomic E-state index is 12.1. The molecule has 1 atom stereocenters. The molecule has 0 saturated carbocycles. The first-order valence-corrected chi connectivity index (χ1v) is 9.26. The minimum Gasteiger partial charge on any atom is -0.406 e. The molecule has 0 bridgehead atoms. The van der Waals surface area contributed by atoms with Crippen LogP contribution in [0.15, 0.2) is 29.6 Å². The smallest absolute Gasteiger partial charge is 0.406 e. The van der Waals surface area contributed by atoms with Crippen LogP contribution in [-0.2, 0) is 20.8 Å². The average Bonchev–Trinajstić information content (AvgIpc) is 3.24. The number of benzene rings is 1. The van der Waals surface area contributed by atoms with Gasteiger partial charge in [0.2, 0.25) is 17.7 Å². The zero-order valence-electron chi connectivity index (χ0n) is 14.7. The van der Waals surface area contributed by atoms with E-state index in [0.717, 1.165) is 23.5 Å². The van der Waals surface area contributed by atoms with Gasteiger partial charge in [-0.3, -0.25) is 14.4 Å². The molecule has 12 heteroatoms. The fourth-order valence-electron chi connectivity index (χ4n) is 2.56. The van der Waals surface area contributed by atoms with Crippen molar-refractivity contribution < 1.29 is 32.3 Å². The number of nitrogens with zero attached hydrogens (tertiary/aromatic N) is 1. The van der Waals surface area contributed by atoms with Gasteiger partial charge in [0.15, 0.2) is 5.13 Å². The summed E-state index contributed by atoms with van der Waals surface area (Å²) < 4.78 is 40.2. The van der Waals surface area contributed by atoms with Gasteiger partial charge in [-0.15, -0.1) is 24.5 Å². The first-order valence-electron chi connectivity index (χ1n) is 8.38. The van der Waals surface area contributed by atoms with Crippen LogP contribution in [0.3, 0.4) is 0 Å². The Balaban J connectivity index is 1.50. The van der Waals surface area contributed by atoms with E-state index in [0.29, 0.717) is 29.4 Å². The summed E-state index contributed by atoms with van der Waals surface area (Å²) in [7, 11) is 0. The molecule has 1 aromatic carbocycles. The van der Waals surface area contributed by atoms with E-state index in [1.54, 1.807) is 5.38 Å². The third kappa shape index (κ3) is 6.17. The van der Waals surface area contributed by atoms with Crippen LogP contribution in [0, 0.1) is 0 Å². The molecule has 0 aliphatic carbocycles. The van der Waals surface area contributed by atoms with Crippen molar-refractivity contribution >= 4 is 39.9 Å². The second-order valence-electron chi connectivity index (χ2n) is 6.09. The molecular formula is C17H15F3N4O4S. The number of hydrogen-bond acceptors (Lipinski definition) is 6. The Bertz CT molecular complexity index is 914. The zero-order chi connectivity index (χ0) is 21.0. The highest BCUT2D eigenvalue weighted by Crippen LogP contribution is 2.24. The number of thiazole rings is 1. The van der Waals surface area contributed by atoms with Crippen LogP contribution in [0.4, 0.5) is 24.0 Å². The molecule has 154 valence electrons. The van der Waals surface area contributed by atoms with Gasteiger partial charge in [0.1, 0.15) is 11.8 Å². The van der Waals surface area contributed by atoms with Gasteiger partial charge in [-0.2, -0.15) is 0 Å². The lowest BCUT2D eigenvalue weighted by molar-refractivity contribution is -0.274. The lowest BCUT2D eigenvalue weighted by Gasteiger charge is -2.09. The van der Waals surface area contributed by atoms with Gasteiger partial charge < -0.3 is 20.7 Å². The van der Waals surface area contributed by atoms with Gasteiger partial charge in [-0.25, -0.2) is 4.98 Å². The number of nitrogens with one attached hydrogen (secondary N) is 3. The molecule has 1 saturated heterocycles. The van der Waals surface area contributed by atoms with Gasteiger partial charge in [0.05, 0.1) is 12.1 Å². The number of alkyl halides is 3. The number of carbonyl (C=O) groups excluding carboxylic acids is 3. The number of rotatable bonds is 6. The number of carbonyl (C=O) groups is 3. The highest BCUT2D eigenvalue weighted by molar-refractivity contribution is 7.13. The van der Waals surface area contributed by atoms with Crippen LogP contribution < -0.4 is 20.7 Å². The van der Waals surface area contributed by atoms with E-state index in [1.807, 2.05) is 0 Å². The maximum Gasteiger partial charge on any atom is 0.573 e. The minimum atomic E-state index is -4.79. The summed E-state index contributed by atoms with van der Waals surface area (Å²) in [6.07, 6.45) is -4.16. The molecule has 3 amide bonds. The molecule has 1 aromatic heterocycles. The molecule has 29 heavy (non-hydrogen) atoms. The third-order valence-corrected chi connectivity index (χ3v) is 4.61. The van der Waals surface area contributed by atoms with Gasteiger partial charge in [-0.1, -0.05) is 0 Å². The van der Waals surface area contributed by atoms with E-state index in [9.17, 15) is 27.6 Å². The molecule has 2 heterocycles. The summed E-state index contributed by atoms with van der Waals surface area (Å²) in [5.41, 5.74) is 0.709. The topological polar surface area (TPSA) is 109 Å². The molecule has 1 aliphatic rings. The van der Waals surface area contributed by atoms with Crippen molar-refractivity contribution in [3.05, 3.63) is 35.3 Å². The summed E-state index contributed by atoms with van der Waals surface area (Å²) in [5, 5.41) is 9.57. The van der Waals surface area contributed by atoms with E-state index in [2.05, 4.69) is 25.7 Å². The van der Waals surface area contributed by atoms with Gasteiger partial charge in [0.25, 0.3) is 0 Å². The fourth-order valence-corrected chi connectivity index (χ4v) is 3.27. The molecule has 2 aromatic rings. The quantitative estimate of drug-likeness (QED) is 0.655. The fraction of sp³-hybridized carbons (Fsp3) is 0.294. The Hall–Kier alpha value is -3.15.